The standard InChI is InChI=1S/C14H22N2O2.ClH/c1-11(15)7-8-14(18)16-10-13(17)9-12-5-3-2-4-6-12;/h2-6,11,13,17H,7-10,15H2,1H3,(H,16,18);1H. The summed E-state index contributed by atoms with van der Waals surface area (Å²) in [6.45, 7) is 2.16. The summed E-state index contributed by atoms with van der Waals surface area (Å²) in [7, 11) is 0. The Morgan fingerprint density at radius 2 is 2.00 bits per heavy atom. The predicted octanol–water partition coefficient (Wildman–Crippen LogP) is 1.26. The molecule has 1 amide bonds. The number of rotatable bonds is 7. The number of amides is 1. The summed E-state index contributed by atoms with van der Waals surface area (Å²) in [5, 5.41) is 12.5. The summed E-state index contributed by atoms with van der Waals surface area (Å²) < 4.78 is 0. The van der Waals surface area contributed by atoms with Crippen molar-refractivity contribution in [1.29, 1.82) is 0 Å². The lowest BCUT2D eigenvalue weighted by atomic mass is 10.1. The summed E-state index contributed by atoms with van der Waals surface area (Å²) in [4.78, 5) is 11.4. The molecule has 2 atom stereocenters. The second-order valence-corrected chi connectivity index (χ2v) is 4.66. The van der Waals surface area contributed by atoms with Gasteiger partial charge < -0.3 is 16.2 Å². The zero-order valence-electron chi connectivity index (χ0n) is 11.2. The lowest BCUT2D eigenvalue weighted by Crippen LogP contribution is -2.33. The van der Waals surface area contributed by atoms with E-state index in [2.05, 4.69) is 5.32 Å². The normalized spacial score (nSPS) is 13.2. The number of hydrogen-bond acceptors (Lipinski definition) is 3. The van der Waals surface area contributed by atoms with E-state index in [-0.39, 0.29) is 30.9 Å². The van der Waals surface area contributed by atoms with Crippen LogP contribution in [-0.2, 0) is 11.2 Å². The first-order chi connectivity index (χ1) is 8.58. The maximum atomic E-state index is 11.4. The molecule has 2 unspecified atom stereocenters. The van der Waals surface area contributed by atoms with Crippen molar-refractivity contribution in [2.75, 3.05) is 6.54 Å². The number of carbonyl (C=O) groups is 1. The first-order valence-corrected chi connectivity index (χ1v) is 6.32. The van der Waals surface area contributed by atoms with Gasteiger partial charge in [0.25, 0.3) is 0 Å². The Hall–Kier alpha value is -1.10. The van der Waals surface area contributed by atoms with Crippen LogP contribution in [0.15, 0.2) is 30.3 Å². The van der Waals surface area contributed by atoms with Gasteiger partial charge >= 0.3 is 0 Å². The molecule has 108 valence electrons. The van der Waals surface area contributed by atoms with Gasteiger partial charge in [-0.25, -0.2) is 0 Å². The molecule has 0 radical (unpaired) electrons. The van der Waals surface area contributed by atoms with Crippen LogP contribution in [-0.4, -0.2) is 29.7 Å². The van der Waals surface area contributed by atoms with Crippen LogP contribution in [0, 0.1) is 0 Å². The Kier molecular flexibility index (Phi) is 9.21. The van der Waals surface area contributed by atoms with E-state index in [1.54, 1.807) is 0 Å². The van der Waals surface area contributed by atoms with Gasteiger partial charge in [0.15, 0.2) is 0 Å². The molecule has 4 N–H and O–H groups in total. The smallest absolute Gasteiger partial charge is 0.220 e. The zero-order chi connectivity index (χ0) is 13.4. The van der Waals surface area contributed by atoms with Gasteiger partial charge in [0.05, 0.1) is 6.10 Å². The quantitative estimate of drug-likeness (QED) is 0.706. The van der Waals surface area contributed by atoms with Gasteiger partial charge in [-0.2, -0.15) is 0 Å². The van der Waals surface area contributed by atoms with Crippen LogP contribution in [0.1, 0.15) is 25.3 Å². The Morgan fingerprint density at radius 3 is 2.58 bits per heavy atom. The average molecular weight is 287 g/mol. The van der Waals surface area contributed by atoms with Crippen molar-refractivity contribution in [3.05, 3.63) is 35.9 Å². The zero-order valence-corrected chi connectivity index (χ0v) is 12.0. The Labute approximate surface area is 120 Å². The van der Waals surface area contributed by atoms with E-state index in [1.165, 1.54) is 0 Å². The molecule has 0 aliphatic rings. The molecular weight excluding hydrogens is 264 g/mol. The van der Waals surface area contributed by atoms with E-state index >= 15 is 0 Å². The molecule has 0 aliphatic carbocycles. The lowest BCUT2D eigenvalue weighted by Gasteiger charge is -2.12. The molecule has 0 bridgehead atoms. The molecular formula is C14H23ClN2O2. The van der Waals surface area contributed by atoms with Gasteiger partial charge in [-0.3, -0.25) is 4.79 Å². The minimum atomic E-state index is -0.549. The first kappa shape index (κ1) is 17.9. The van der Waals surface area contributed by atoms with Crippen LogP contribution in [0.25, 0.3) is 0 Å². The lowest BCUT2D eigenvalue weighted by molar-refractivity contribution is -0.121. The second kappa shape index (κ2) is 9.78. The number of carbonyl (C=O) groups excluding carboxylic acids is 1. The van der Waals surface area contributed by atoms with Gasteiger partial charge in [-0.1, -0.05) is 30.3 Å². The highest BCUT2D eigenvalue weighted by molar-refractivity contribution is 5.85. The van der Waals surface area contributed by atoms with E-state index in [4.69, 9.17) is 5.73 Å². The van der Waals surface area contributed by atoms with Crippen LogP contribution in [0.2, 0.25) is 0 Å². The van der Waals surface area contributed by atoms with Crippen LogP contribution in [0.5, 0.6) is 0 Å². The third kappa shape index (κ3) is 8.59. The van der Waals surface area contributed by atoms with Crippen molar-refractivity contribution in [1.82, 2.24) is 5.32 Å². The fourth-order valence-corrected chi connectivity index (χ4v) is 1.64. The summed E-state index contributed by atoms with van der Waals surface area (Å²) >= 11 is 0. The number of benzene rings is 1. The maximum absolute atomic E-state index is 11.4. The molecule has 4 nitrogen and oxygen atoms in total. The fraction of sp³-hybridized carbons (Fsp3) is 0.500. The van der Waals surface area contributed by atoms with Crippen molar-refractivity contribution in [3.8, 4) is 0 Å². The third-order valence-corrected chi connectivity index (χ3v) is 2.68. The van der Waals surface area contributed by atoms with Crippen molar-refractivity contribution in [2.24, 2.45) is 5.73 Å². The van der Waals surface area contributed by atoms with E-state index in [9.17, 15) is 9.90 Å². The number of nitrogens with one attached hydrogen (secondary N) is 1. The SMILES string of the molecule is CC(N)CCC(=O)NCC(O)Cc1ccccc1.Cl. The average Bonchev–Trinajstić information content (AvgIpc) is 2.35. The number of nitrogens with two attached hydrogens (primary N) is 1. The monoisotopic (exact) mass is 286 g/mol. The molecule has 0 aromatic heterocycles. The van der Waals surface area contributed by atoms with Gasteiger partial charge in [0.2, 0.25) is 5.91 Å². The molecule has 0 saturated heterocycles. The maximum Gasteiger partial charge on any atom is 0.220 e. The van der Waals surface area contributed by atoms with Gasteiger partial charge in [-0.15, -0.1) is 12.4 Å². The Balaban J connectivity index is 0.00000324. The van der Waals surface area contributed by atoms with Crippen LogP contribution < -0.4 is 11.1 Å². The molecule has 0 aliphatic heterocycles. The van der Waals surface area contributed by atoms with Gasteiger partial charge in [0.1, 0.15) is 0 Å². The predicted molar refractivity (Wildman–Crippen MR) is 79.3 cm³/mol. The van der Waals surface area contributed by atoms with Crippen molar-refractivity contribution in [3.63, 3.8) is 0 Å². The molecule has 0 spiro atoms. The summed E-state index contributed by atoms with van der Waals surface area (Å²) in [5.74, 6) is -0.0561. The summed E-state index contributed by atoms with van der Waals surface area (Å²) in [5.41, 5.74) is 6.63. The minimum absolute atomic E-state index is 0. The van der Waals surface area contributed by atoms with E-state index < -0.39 is 6.10 Å². The molecule has 0 heterocycles. The molecule has 0 saturated carbocycles. The second-order valence-electron chi connectivity index (χ2n) is 4.66. The Bertz CT molecular complexity index is 358. The highest BCUT2D eigenvalue weighted by Crippen LogP contribution is 2.02. The van der Waals surface area contributed by atoms with Crippen molar-refractivity contribution >= 4 is 18.3 Å². The topological polar surface area (TPSA) is 75.4 Å². The number of aliphatic hydroxyl groups excluding tert-OH is 1. The Morgan fingerprint density at radius 1 is 1.37 bits per heavy atom. The minimum Gasteiger partial charge on any atom is -0.391 e. The molecule has 5 heteroatoms. The van der Waals surface area contributed by atoms with Crippen LogP contribution in [0.4, 0.5) is 0 Å². The van der Waals surface area contributed by atoms with Crippen molar-refractivity contribution in [2.45, 2.75) is 38.3 Å². The number of hydrogen-bond donors (Lipinski definition) is 3. The largest absolute Gasteiger partial charge is 0.391 e. The molecule has 19 heavy (non-hydrogen) atoms. The highest BCUT2D eigenvalue weighted by atomic mass is 35.5. The van der Waals surface area contributed by atoms with Crippen molar-refractivity contribution < 1.29 is 9.90 Å². The van der Waals surface area contributed by atoms with Gasteiger partial charge in [-0.05, 0) is 18.9 Å². The fourth-order valence-electron chi connectivity index (χ4n) is 1.64. The molecule has 1 aromatic rings. The first-order valence-electron chi connectivity index (χ1n) is 6.32. The molecule has 0 fully saturated rings. The molecule has 1 aromatic carbocycles. The van der Waals surface area contributed by atoms with E-state index in [0.717, 1.165) is 5.56 Å². The summed E-state index contributed by atoms with van der Waals surface area (Å²) in [6, 6.07) is 9.76. The van der Waals surface area contributed by atoms with Gasteiger partial charge in [0, 0.05) is 25.4 Å². The van der Waals surface area contributed by atoms with Crippen LogP contribution in [0.3, 0.4) is 0 Å². The summed E-state index contributed by atoms with van der Waals surface area (Å²) in [6.07, 6.45) is 1.08. The van der Waals surface area contributed by atoms with E-state index in [0.29, 0.717) is 19.3 Å². The number of aliphatic hydroxyl groups is 1. The number of halogens is 1. The van der Waals surface area contributed by atoms with Crippen LogP contribution >= 0.6 is 12.4 Å². The molecule has 1 rings (SSSR count). The third-order valence-electron chi connectivity index (χ3n) is 2.68. The highest BCUT2D eigenvalue weighted by Gasteiger charge is 2.08. The van der Waals surface area contributed by atoms with E-state index in [1.807, 2.05) is 37.3 Å².